The van der Waals surface area contributed by atoms with Crippen molar-refractivity contribution < 1.29 is 9.59 Å². The van der Waals surface area contributed by atoms with E-state index in [1.807, 2.05) is 53.6 Å². The van der Waals surface area contributed by atoms with Crippen molar-refractivity contribution in [3.63, 3.8) is 0 Å². The fourth-order valence-electron chi connectivity index (χ4n) is 4.81. The smallest absolute Gasteiger partial charge is 0.322 e. The molecular weight excluding hydrogens is 496 g/mol. The van der Waals surface area contributed by atoms with E-state index in [-0.39, 0.29) is 23.9 Å². The molecule has 0 aliphatic heterocycles. The zero-order valence-electron chi connectivity index (χ0n) is 24.2. The second kappa shape index (κ2) is 13.3. The highest BCUT2D eigenvalue weighted by Gasteiger charge is 2.22. The molecule has 4 aromatic rings. The first kappa shape index (κ1) is 28.9. The standard InChI is InChI=1S/C34H42N4O2/c1-5-6-21-38(33(40)36-29-12-8-7-9-13-29)25-32(39)37(24-26-16-18-28(19-17-26)34(2,3)4)22-20-27-23-35-31-15-11-10-14-30(27)31/h7-19,23,35H,5-6,20-22,24-25H2,1-4H3,(H,36,40). The molecule has 0 saturated heterocycles. The highest BCUT2D eigenvalue weighted by molar-refractivity contribution is 5.92. The van der Waals surface area contributed by atoms with Crippen molar-refractivity contribution in [2.45, 2.75) is 58.9 Å². The Balaban J connectivity index is 1.52. The van der Waals surface area contributed by atoms with Crippen LogP contribution < -0.4 is 5.32 Å². The highest BCUT2D eigenvalue weighted by atomic mass is 16.2. The van der Waals surface area contributed by atoms with Gasteiger partial charge in [-0.1, -0.05) is 94.8 Å². The van der Waals surface area contributed by atoms with Gasteiger partial charge < -0.3 is 20.1 Å². The van der Waals surface area contributed by atoms with Gasteiger partial charge in [0, 0.05) is 42.4 Å². The maximum Gasteiger partial charge on any atom is 0.322 e. The molecule has 1 heterocycles. The number of benzene rings is 3. The molecule has 0 atom stereocenters. The summed E-state index contributed by atoms with van der Waals surface area (Å²) in [5.74, 6) is -0.0564. The van der Waals surface area contributed by atoms with Gasteiger partial charge >= 0.3 is 6.03 Å². The van der Waals surface area contributed by atoms with Gasteiger partial charge in [-0.25, -0.2) is 4.79 Å². The molecule has 6 heteroatoms. The number of hydrogen-bond donors (Lipinski definition) is 2. The molecule has 0 unspecified atom stereocenters. The molecule has 0 radical (unpaired) electrons. The maximum atomic E-state index is 13.8. The first-order valence-electron chi connectivity index (χ1n) is 14.3. The van der Waals surface area contributed by atoms with Crippen molar-refractivity contribution in [2.75, 3.05) is 25.0 Å². The van der Waals surface area contributed by atoms with Crippen LogP contribution in [0, 0.1) is 0 Å². The summed E-state index contributed by atoms with van der Waals surface area (Å²) >= 11 is 0. The lowest BCUT2D eigenvalue weighted by Gasteiger charge is -2.28. The van der Waals surface area contributed by atoms with Gasteiger partial charge in [-0.15, -0.1) is 0 Å². The Labute approximate surface area is 238 Å². The lowest BCUT2D eigenvalue weighted by Crippen LogP contribution is -2.45. The minimum Gasteiger partial charge on any atom is -0.361 e. The van der Waals surface area contributed by atoms with Gasteiger partial charge in [0.15, 0.2) is 0 Å². The highest BCUT2D eigenvalue weighted by Crippen LogP contribution is 2.23. The van der Waals surface area contributed by atoms with Gasteiger partial charge in [-0.05, 0) is 53.1 Å². The summed E-state index contributed by atoms with van der Waals surface area (Å²) in [4.78, 5) is 33.9. The van der Waals surface area contributed by atoms with E-state index < -0.39 is 0 Å². The third-order valence-corrected chi connectivity index (χ3v) is 7.29. The molecule has 40 heavy (non-hydrogen) atoms. The first-order valence-corrected chi connectivity index (χ1v) is 14.3. The summed E-state index contributed by atoms with van der Waals surface area (Å²) in [7, 11) is 0. The minimum atomic E-state index is -0.251. The van der Waals surface area contributed by atoms with E-state index >= 15 is 0 Å². The largest absolute Gasteiger partial charge is 0.361 e. The number of aromatic nitrogens is 1. The number of nitrogens with one attached hydrogen (secondary N) is 2. The number of amides is 3. The van der Waals surface area contributed by atoms with Crippen molar-refractivity contribution in [3.05, 3.63) is 102 Å². The van der Waals surface area contributed by atoms with E-state index in [0.717, 1.165) is 36.0 Å². The van der Waals surface area contributed by atoms with E-state index in [1.165, 1.54) is 16.5 Å². The number of nitrogens with zero attached hydrogens (tertiary/aromatic N) is 2. The molecule has 4 rings (SSSR count). The Morgan fingerprint density at radius 1 is 0.850 bits per heavy atom. The number of H-pyrrole nitrogens is 1. The van der Waals surface area contributed by atoms with E-state index in [1.54, 1.807) is 4.90 Å². The lowest BCUT2D eigenvalue weighted by atomic mass is 9.87. The summed E-state index contributed by atoms with van der Waals surface area (Å²) in [5, 5.41) is 4.13. The second-order valence-electron chi connectivity index (χ2n) is 11.4. The van der Waals surface area contributed by atoms with E-state index in [0.29, 0.717) is 19.6 Å². The van der Waals surface area contributed by atoms with Crippen LogP contribution >= 0.6 is 0 Å². The summed E-state index contributed by atoms with van der Waals surface area (Å²) in [6, 6.07) is 25.9. The lowest BCUT2D eigenvalue weighted by molar-refractivity contribution is -0.132. The molecule has 0 saturated carbocycles. The van der Waals surface area contributed by atoms with E-state index in [4.69, 9.17) is 0 Å². The predicted molar refractivity (Wildman–Crippen MR) is 165 cm³/mol. The van der Waals surface area contributed by atoms with Crippen LogP contribution in [-0.4, -0.2) is 46.4 Å². The summed E-state index contributed by atoms with van der Waals surface area (Å²) in [6.45, 7) is 10.3. The fraction of sp³-hybridized carbons (Fsp3) is 0.353. The van der Waals surface area contributed by atoms with Gasteiger partial charge in [-0.2, -0.15) is 0 Å². The molecule has 0 spiro atoms. The molecule has 0 aliphatic rings. The van der Waals surface area contributed by atoms with Crippen molar-refractivity contribution in [2.24, 2.45) is 0 Å². The number of rotatable bonds is 11. The molecule has 3 aromatic carbocycles. The molecule has 210 valence electrons. The zero-order chi connectivity index (χ0) is 28.5. The molecule has 0 aliphatic carbocycles. The summed E-state index contributed by atoms with van der Waals surface area (Å²) < 4.78 is 0. The van der Waals surface area contributed by atoms with Gasteiger partial charge in [0.2, 0.25) is 5.91 Å². The molecule has 1 aromatic heterocycles. The molecule has 2 N–H and O–H groups in total. The topological polar surface area (TPSA) is 68.4 Å². The molecule has 0 bridgehead atoms. The molecule has 0 fully saturated rings. The number of anilines is 1. The molecule has 3 amide bonds. The average molecular weight is 539 g/mol. The number of unbranched alkanes of at least 4 members (excludes halogenated alkanes) is 1. The van der Waals surface area contributed by atoms with E-state index in [9.17, 15) is 9.59 Å². The van der Waals surface area contributed by atoms with Crippen LogP contribution in [0.2, 0.25) is 0 Å². The SMILES string of the molecule is CCCCN(CC(=O)N(CCc1c[nH]c2ccccc12)Cc1ccc(C(C)(C)C)cc1)C(=O)Nc1ccccc1. The fourth-order valence-corrected chi connectivity index (χ4v) is 4.81. The van der Waals surface area contributed by atoms with Gasteiger partial charge in [0.1, 0.15) is 6.54 Å². The molecule has 6 nitrogen and oxygen atoms in total. The number of aromatic amines is 1. The number of para-hydroxylation sites is 2. The van der Waals surface area contributed by atoms with Crippen LogP contribution in [0.5, 0.6) is 0 Å². The first-order chi connectivity index (χ1) is 19.2. The van der Waals surface area contributed by atoms with Gasteiger partial charge in [0.25, 0.3) is 0 Å². The van der Waals surface area contributed by atoms with Gasteiger partial charge in [0.05, 0.1) is 0 Å². The normalized spacial score (nSPS) is 11.4. The Morgan fingerprint density at radius 2 is 1.55 bits per heavy atom. The Hall–Kier alpha value is -4.06. The van der Waals surface area contributed by atoms with Crippen LogP contribution in [0.15, 0.2) is 85.1 Å². The number of urea groups is 1. The monoisotopic (exact) mass is 538 g/mol. The van der Waals surface area contributed by atoms with Crippen LogP contribution in [0.25, 0.3) is 10.9 Å². The number of hydrogen-bond acceptors (Lipinski definition) is 2. The average Bonchev–Trinajstić information content (AvgIpc) is 3.36. The van der Waals surface area contributed by atoms with Crippen LogP contribution in [0.3, 0.4) is 0 Å². The Kier molecular flexibility index (Phi) is 9.65. The van der Waals surface area contributed by atoms with Crippen molar-refractivity contribution in [1.29, 1.82) is 0 Å². The Bertz CT molecular complexity index is 1390. The zero-order valence-corrected chi connectivity index (χ0v) is 24.2. The van der Waals surface area contributed by atoms with Crippen molar-refractivity contribution >= 4 is 28.5 Å². The quantitative estimate of drug-likeness (QED) is 0.209. The van der Waals surface area contributed by atoms with Crippen LogP contribution in [0.1, 0.15) is 57.2 Å². The maximum absolute atomic E-state index is 13.8. The third-order valence-electron chi connectivity index (χ3n) is 7.29. The minimum absolute atomic E-state index is 0.0344. The van der Waals surface area contributed by atoms with Crippen LogP contribution in [-0.2, 0) is 23.2 Å². The number of fused-ring (bicyclic) bond motifs is 1. The summed E-state index contributed by atoms with van der Waals surface area (Å²) in [5.41, 5.74) is 5.40. The second-order valence-corrected chi connectivity index (χ2v) is 11.4. The number of carbonyl (C=O) groups excluding carboxylic acids is 2. The third kappa shape index (κ3) is 7.75. The Morgan fingerprint density at radius 3 is 2.25 bits per heavy atom. The van der Waals surface area contributed by atoms with Crippen molar-refractivity contribution in [1.82, 2.24) is 14.8 Å². The molecular formula is C34H42N4O2. The van der Waals surface area contributed by atoms with Crippen LogP contribution in [0.4, 0.5) is 10.5 Å². The predicted octanol–water partition coefficient (Wildman–Crippen LogP) is 7.37. The summed E-state index contributed by atoms with van der Waals surface area (Å²) in [6.07, 6.45) is 4.53. The van der Waals surface area contributed by atoms with Crippen molar-refractivity contribution in [3.8, 4) is 0 Å². The van der Waals surface area contributed by atoms with Gasteiger partial charge in [-0.3, -0.25) is 4.79 Å². The number of carbonyl (C=O) groups is 2. The van der Waals surface area contributed by atoms with E-state index in [2.05, 4.69) is 74.4 Å².